The zero-order valence-electron chi connectivity index (χ0n) is 22.1. The number of rotatable bonds is 8. The molecule has 3 fully saturated rings. The smallest absolute Gasteiger partial charge is 0.275 e. The van der Waals surface area contributed by atoms with Gasteiger partial charge in [0.15, 0.2) is 5.13 Å². The van der Waals surface area contributed by atoms with Gasteiger partial charge in [-0.2, -0.15) is 0 Å². The van der Waals surface area contributed by atoms with E-state index in [1.807, 2.05) is 18.2 Å². The van der Waals surface area contributed by atoms with Crippen LogP contribution in [0.4, 0.5) is 10.8 Å². The van der Waals surface area contributed by atoms with Gasteiger partial charge in [-0.1, -0.05) is 6.07 Å². The summed E-state index contributed by atoms with van der Waals surface area (Å²) in [5.41, 5.74) is 2.30. The van der Waals surface area contributed by atoms with Crippen molar-refractivity contribution in [3.63, 3.8) is 0 Å². The van der Waals surface area contributed by atoms with Crippen molar-refractivity contribution in [2.75, 3.05) is 63.4 Å². The lowest BCUT2D eigenvalue weighted by atomic mass is 10.0. The van der Waals surface area contributed by atoms with Crippen LogP contribution in [0.2, 0.25) is 0 Å². The van der Waals surface area contributed by atoms with E-state index in [4.69, 9.17) is 14.2 Å². The van der Waals surface area contributed by atoms with E-state index in [0.717, 1.165) is 49.6 Å². The zero-order valence-corrected chi connectivity index (χ0v) is 22.9. The number of hydrogen-bond acceptors (Lipinski definition) is 9. The lowest BCUT2D eigenvalue weighted by Crippen LogP contribution is -2.43. The summed E-state index contributed by atoms with van der Waals surface area (Å²) < 4.78 is 16.5. The maximum Gasteiger partial charge on any atom is 0.275 e. The standard InChI is InChI=1S/C27H37N5O5S/c1-18-16-37-12-9-31(18)14-19-3-4-23(22(13-19)25(33)28-20-6-10-36-11-7-20)29-26(34)24-17-38-27(30-24)32-8-5-21(15-32)35-2/h3-4,13,17-18,20-21H,5-12,14-16H2,1-2H3,(H,28,33)(H,29,34)/t18-,21-/m0/s1. The molecule has 0 radical (unpaired) electrons. The highest BCUT2D eigenvalue weighted by molar-refractivity contribution is 7.14. The summed E-state index contributed by atoms with van der Waals surface area (Å²) in [5.74, 6) is -0.518. The van der Waals surface area contributed by atoms with Gasteiger partial charge < -0.3 is 29.7 Å². The Kier molecular flexibility index (Phi) is 8.90. The Bertz CT molecular complexity index is 1120. The van der Waals surface area contributed by atoms with E-state index in [1.165, 1.54) is 11.3 Å². The number of aromatic nitrogens is 1. The molecule has 38 heavy (non-hydrogen) atoms. The van der Waals surface area contributed by atoms with Crippen molar-refractivity contribution in [2.24, 2.45) is 0 Å². The molecule has 3 saturated heterocycles. The molecular weight excluding hydrogens is 506 g/mol. The van der Waals surface area contributed by atoms with E-state index in [1.54, 1.807) is 12.5 Å². The molecule has 0 saturated carbocycles. The average molecular weight is 544 g/mol. The molecule has 2 amide bonds. The van der Waals surface area contributed by atoms with E-state index in [0.29, 0.717) is 56.0 Å². The van der Waals surface area contributed by atoms with Gasteiger partial charge in [0.05, 0.1) is 30.6 Å². The Morgan fingerprint density at radius 2 is 1.97 bits per heavy atom. The number of nitrogens with one attached hydrogen (secondary N) is 2. The fourth-order valence-electron chi connectivity index (χ4n) is 5.12. The summed E-state index contributed by atoms with van der Waals surface area (Å²) >= 11 is 1.45. The van der Waals surface area contributed by atoms with Gasteiger partial charge in [0.25, 0.3) is 11.8 Å². The normalized spacial score (nSPS) is 22.9. The van der Waals surface area contributed by atoms with Gasteiger partial charge >= 0.3 is 0 Å². The molecule has 2 N–H and O–H groups in total. The topological polar surface area (TPSA) is 105 Å². The lowest BCUT2D eigenvalue weighted by molar-refractivity contribution is -0.00437. The van der Waals surface area contributed by atoms with Crippen molar-refractivity contribution >= 4 is 34.0 Å². The zero-order chi connectivity index (χ0) is 26.5. The van der Waals surface area contributed by atoms with E-state index < -0.39 is 0 Å². The molecule has 1 aromatic heterocycles. The predicted octanol–water partition coefficient (Wildman–Crippen LogP) is 2.75. The first-order chi connectivity index (χ1) is 18.5. The molecule has 0 unspecified atom stereocenters. The molecule has 206 valence electrons. The van der Waals surface area contributed by atoms with Crippen LogP contribution >= 0.6 is 11.3 Å². The minimum atomic E-state index is -0.329. The van der Waals surface area contributed by atoms with Crippen molar-refractivity contribution in [3.8, 4) is 0 Å². The molecule has 3 aliphatic heterocycles. The first kappa shape index (κ1) is 27.0. The largest absolute Gasteiger partial charge is 0.381 e. The maximum absolute atomic E-state index is 13.4. The van der Waals surface area contributed by atoms with Gasteiger partial charge in [-0.05, 0) is 43.9 Å². The van der Waals surface area contributed by atoms with Crippen LogP contribution in [0.3, 0.4) is 0 Å². The summed E-state index contributed by atoms with van der Waals surface area (Å²) in [6.45, 7) is 8.00. The number of nitrogens with zero attached hydrogens (tertiary/aromatic N) is 3. The van der Waals surface area contributed by atoms with Gasteiger partial charge in [0.1, 0.15) is 5.69 Å². The minimum Gasteiger partial charge on any atom is -0.381 e. The third-order valence-electron chi connectivity index (χ3n) is 7.50. The summed E-state index contributed by atoms with van der Waals surface area (Å²) in [6, 6.07) is 6.06. The Morgan fingerprint density at radius 3 is 2.74 bits per heavy atom. The molecule has 1 aromatic carbocycles. The monoisotopic (exact) mass is 543 g/mol. The van der Waals surface area contributed by atoms with Crippen molar-refractivity contribution in [1.29, 1.82) is 0 Å². The number of amides is 2. The Balaban J connectivity index is 1.32. The number of carbonyl (C=O) groups is 2. The molecule has 5 rings (SSSR count). The number of methoxy groups -OCH3 is 1. The van der Waals surface area contributed by atoms with Crippen molar-refractivity contribution in [3.05, 3.63) is 40.4 Å². The van der Waals surface area contributed by atoms with Gasteiger partial charge in [0.2, 0.25) is 0 Å². The number of carbonyl (C=O) groups excluding carboxylic acids is 2. The summed E-state index contributed by atoms with van der Waals surface area (Å²) in [7, 11) is 1.72. The molecule has 11 heteroatoms. The van der Waals surface area contributed by atoms with E-state index >= 15 is 0 Å². The Morgan fingerprint density at radius 1 is 1.13 bits per heavy atom. The molecule has 10 nitrogen and oxygen atoms in total. The van der Waals surface area contributed by atoms with Gasteiger partial charge in [0, 0.05) is 64.0 Å². The SMILES string of the molecule is CO[C@H]1CCN(c2nc(C(=O)Nc3ccc(CN4CCOC[C@@H]4C)cc3C(=O)NC3CCOCC3)cs2)C1. The average Bonchev–Trinajstić information content (AvgIpc) is 3.61. The highest BCUT2D eigenvalue weighted by atomic mass is 32.1. The van der Waals surface area contributed by atoms with Crippen LogP contribution in [0.5, 0.6) is 0 Å². The highest BCUT2D eigenvalue weighted by Crippen LogP contribution is 2.27. The summed E-state index contributed by atoms with van der Waals surface area (Å²) in [4.78, 5) is 35.7. The quantitative estimate of drug-likeness (QED) is 0.524. The van der Waals surface area contributed by atoms with Crippen LogP contribution in [0.1, 0.15) is 52.6 Å². The van der Waals surface area contributed by atoms with Gasteiger partial charge in [-0.25, -0.2) is 4.98 Å². The van der Waals surface area contributed by atoms with E-state index in [2.05, 4.69) is 32.3 Å². The van der Waals surface area contributed by atoms with E-state index in [-0.39, 0.29) is 24.0 Å². The second-order valence-corrected chi connectivity index (χ2v) is 11.0. The Hall–Kier alpha value is -2.57. The van der Waals surface area contributed by atoms with Crippen LogP contribution in [0, 0.1) is 0 Å². The summed E-state index contributed by atoms with van der Waals surface area (Å²) in [5, 5.41) is 8.67. The molecule has 2 aromatic rings. The number of morpholine rings is 1. The van der Waals surface area contributed by atoms with Crippen LogP contribution in [-0.4, -0.2) is 93.1 Å². The number of anilines is 2. The van der Waals surface area contributed by atoms with Crippen LogP contribution < -0.4 is 15.5 Å². The number of ether oxygens (including phenoxy) is 3. The second kappa shape index (κ2) is 12.5. The van der Waals surface area contributed by atoms with Crippen LogP contribution in [-0.2, 0) is 20.8 Å². The fourth-order valence-corrected chi connectivity index (χ4v) is 5.96. The third kappa shape index (κ3) is 6.52. The first-order valence-electron chi connectivity index (χ1n) is 13.4. The third-order valence-corrected chi connectivity index (χ3v) is 8.40. The second-order valence-electron chi connectivity index (χ2n) is 10.2. The van der Waals surface area contributed by atoms with Crippen molar-refractivity contribution in [1.82, 2.24) is 15.2 Å². The highest BCUT2D eigenvalue weighted by Gasteiger charge is 2.26. The van der Waals surface area contributed by atoms with Crippen LogP contribution in [0.25, 0.3) is 0 Å². The number of hydrogen-bond donors (Lipinski definition) is 2. The molecule has 0 bridgehead atoms. The Labute approximate surface area is 227 Å². The summed E-state index contributed by atoms with van der Waals surface area (Å²) in [6.07, 6.45) is 2.69. The molecule has 4 heterocycles. The molecule has 3 aliphatic rings. The molecule has 0 aliphatic carbocycles. The van der Waals surface area contributed by atoms with Crippen LogP contribution in [0.15, 0.2) is 23.6 Å². The van der Waals surface area contributed by atoms with Gasteiger partial charge in [-0.3, -0.25) is 14.5 Å². The molecule has 2 atom stereocenters. The maximum atomic E-state index is 13.4. The molecule has 0 spiro atoms. The number of thiazole rings is 1. The minimum absolute atomic E-state index is 0.0557. The number of benzene rings is 1. The lowest BCUT2D eigenvalue weighted by Gasteiger charge is -2.33. The fraction of sp³-hybridized carbons (Fsp3) is 0.593. The molecular formula is C27H37N5O5S. The predicted molar refractivity (Wildman–Crippen MR) is 146 cm³/mol. The van der Waals surface area contributed by atoms with Crippen molar-refractivity contribution < 1.29 is 23.8 Å². The first-order valence-corrected chi connectivity index (χ1v) is 14.3. The van der Waals surface area contributed by atoms with Gasteiger partial charge in [-0.15, -0.1) is 11.3 Å². The van der Waals surface area contributed by atoms with E-state index in [9.17, 15) is 9.59 Å². The van der Waals surface area contributed by atoms with Crippen molar-refractivity contribution in [2.45, 2.75) is 50.9 Å².